The van der Waals surface area contributed by atoms with E-state index in [9.17, 15) is 19.7 Å². The van der Waals surface area contributed by atoms with Crippen LogP contribution in [0.1, 0.15) is 29.8 Å². The number of allylic oxidation sites excluding steroid dienone is 1. The zero-order valence-corrected chi connectivity index (χ0v) is 18.5. The lowest BCUT2D eigenvalue weighted by Crippen LogP contribution is -2.25. The normalized spacial score (nSPS) is 15.3. The summed E-state index contributed by atoms with van der Waals surface area (Å²) in [7, 11) is 4.53. The molecule has 9 heteroatoms. The second-order valence-electron chi connectivity index (χ2n) is 7.75. The summed E-state index contributed by atoms with van der Waals surface area (Å²) in [5.41, 5.74) is 1.59. The van der Waals surface area contributed by atoms with Gasteiger partial charge in [-0.25, -0.2) is 4.79 Å². The van der Waals surface area contributed by atoms with Gasteiger partial charge in [0.2, 0.25) is 0 Å². The number of nitro groups is 1. The molecule has 0 amide bonds. The number of anilines is 1. The summed E-state index contributed by atoms with van der Waals surface area (Å²) in [6, 6.07) is 10.1. The van der Waals surface area contributed by atoms with Gasteiger partial charge in [-0.1, -0.05) is 32.0 Å². The molecule has 0 bridgehead atoms. The molecule has 1 aliphatic heterocycles. The van der Waals surface area contributed by atoms with Crippen molar-refractivity contribution in [1.82, 2.24) is 0 Å². The molecule has 2 aromatic carbocycles. The minimum absolute atomic E-state index is 0.0997. The first kappa shape index (κ1) is 22.8. The van der Waals surface area contributed by atoms with E-state index in [2.05, 4.69) is 0 Å². The number of fused-ring (bicyclic) bond motifs is 1. The SMILES string of the molecule is COc1cc(C(=O)OCC(=O)/C=C2\N(C)c3ccccc3C2(C)C)c([N+](=O)[O-])cc1OC. The minimum Gasteiger partial charge on any atom is -0.493 e. The molecule has 0 fully saturated rings. The maximum atomic E-state index is 12.6. The van der Waals surface area contributed by atoms with Crippen molar-refractivity contribution in [2.24, 2.45) is 0 Å². The number of nitrogens with zero attached hydrogens (tertiary/aromatic N) is 2. The Morgan fingerprint density at radius 1 is 1.12 bits per heavy atom. The number of para-hydroxylation sites is 1. The Bertz CT molecular complexity index is 1120. The molecule has 1 aliphatic rings. The Labute approximate surface area is 185 Å². The number of esters is 1. The maximum Gasteiger partial charge on any atom is 0.345 e. The third-order valence-corrected chi connectivity index (χ3v) is 5.50. The van der Waals surface area contributed by atoms with E-state index < -0.39 is 34.4 Å². The smallest absolute Gasteiger partial charge is 0.345 e. The van der Waals surface area contributed by atoms with Crippen LogP contribution in [0.5, 0.6) is 11.5 Å². The highest BCUT2D eigenvalue weighted by Gasteiger charge is 2.38. The van der Waals surface area contributed by atoms with Crippen LogP contribution in [0, 0.1) is 10.1 Å². The van der Waals surface area contributed by atoms with Gasteiger partial charge in [-0.2, -0.15) is 0 Å². The number of nitro benzene ring substituents is 1. The first-order chi connectivity index (χ1) is 15.1. The second-order valence-corrected chi connectivity index (χ2v) is 7.75. The van der Waals surface area contributed by atoms with E-state index in [1.165, 1.54) is 20.3 Å². The third kappa shape index (κ3) is 4.01. The van der Waals surface area contributed by atoms with Crippen LogP contribution >= 0.6 is 0 Å². The van der Waals surface area contributed by atoms with Gasteiger partial charge in [-0.3, -0.25) is 14.9 Å². The predicted octanol–water partition coefficient (Wildman–Crippen LogP) is 3.65. The number of hydrogen-bond acceptors (Lipinski definition) is 8. The lowest BCUT2D eigenvalue weighted by atomic mass is 9.83. The minimum atomic E-state index is -1.01. The van der Waals surface area contributed by atoms with Crippen molar-refractivity contribution in [1.29, 1.82) is 0 Å². The zero-order chi connectivity index (χ0) is 23.6. The summed E-state index contributed by atoms with van der Waals surface area (Å²) < 4.78 is 15.2. The van der Waals surface area contributed by atoms with Crippen LogP contribution in [0.25, 0.3) is 0 Å². The zero-order valence-electron chi connectivity index (χ0n) is 18.5. The first-order valence-corrected chi connectivity index (χ1v) is 9.77. The average Bonchev–Trinajstić information content (AvgIpc) is 2.97. The predicted molar refractivity (Wildman–Crippen MR) is 117 cm³/mol. The summed E-state index contributed by atoms with van der Waals surface area (Å²) in [5.74, 6) is -1.22. The van der Waals surface area contributed by atoms with Gasteiger partial charge in [0.1, 0.15) is 5.56 Å². The van der Waals surface area contributed by atoms with E-state index in [0.717, 1.165) is 29.1 Å². The van der Waals surface area contributed by atoms with Gasteiger partial charge in [0.25, 0.3) is 5.69 Å². The molecule has 0 saturated heterocycles. The molecular formula is C23H24N2O7. The van der Waals surface area contributed by atoms with E-state index in [4.69, 9.17) is 14.2 Å². The molecule has 3 rings (SSSR count). The molecule has 1 heterocycles. The van der Waals surface area contributed by atoms with E-state index in [1.54, 1.807) is 0 Å². The molecule has 0 spiro atoms. The number of carbonyl (C=O) groups excluding carboxylic acids is 2. The molecule has 2 aromatic rings. The van der Waals surface area contributed by atoms with Crippen molar-refractivity contribution >= 4 is 23.1 Å². The lowest BCUT2D eigenvalue weighted by molar-refractivity contribution is -0.385. The van der Waals surface area contributed by atoms with Crippen LogP contribution in [-0.2, 0) is 14.9 Å². The number of ether oxygens (including phenoxy) is 3. The van der Waals surface area contributed by atoms with Crippen molar-refractivity contribution in [2.75, 3.05) is 32.8 Å². The van der Waals surface area contributed by atoms with E-state index in [-0.39, 0.29) is 17.1 Å². The molecule has 0 radical (unpaired) electrons. The Morgan fingerprint density at radius 3 is 2.34 bits per heavy atom. The van der Waals surface area contributed by atoms with Gasteiger partial charge in [0.15, 0.2) is 23.9 Å². The quantitative estimate of drug-likeness (QED) is 0.278. The second kappa shape index (κ2) is 8.70. The van der Waals surface area contributed by atoms with Crippen LogP contribution in [0.4, 0.5) is 11.4 Å². The molecule has 168 valence electrons. The van der Waals surface area contributed by atoms with Crippen molar-refractivity contribution in [3.05, 3.63) is 69.4 Å². The standard InChI is InChI=1S/C23H24N2O7/c1-23(2)16-8-6-7-9-17(16)24(3)21(23)10-14(26)13-32-22(27)15-11-19(30-4)20(31-5)12-18(15)25(28)29/h6-12H,13H2,1-5H3/b21-10-. The van der Waals surface area contributed by atoms with Gasteiger partial charge < -0.3 is 19.1 Å². The molecule has 0 N–H and O–H groups in total. The average molecular weight is 440 g/mol. The molecule has 0 saturated carbocycles. The molecule has 0 aliphatic carbocycles. The van der Waals surface area contributed by atoms with E-state index in [0.29, 0.717) is 0 Å². The Balaban J connectivity index is 1.80. The number of hydrogen-bond donors (Lipinski definition) is 0. The topological polar surface area (TPSA) is 108 Å². The van der Waals surface area contributed by atoms with Gasteiger partial charge in [0, 0.05) is 36.0 Å². The van der Waals surface area contributed by atoms with E-state index >= 15 is 0 Å². The fourth-order valence-electron chi connectivity index (χ4n) is 3.85. The van der Waals surface area contributed by atoms with Crippen LogP contribution in [0.3, 0.4) is 0 Å². The molecule has 9 nitrogen and oxygen atoms in total. The first-order valence-electron chi connectivity index (χ1n) is 9.77. The highest BCUT2D eigenvalue weighted by atomic mass is 16.6. The van der Waals surface area contributed by atoms with Gasteiger partial charge in [0.05, 0.1) is 25.2 Å². The number of likely N-dealkylation sites (N-methyl/N-ethyl adjacent to an activating group) is 1. The lowest BCUT2D eigenvalue weighted by Gasteiger charge is -2.23. The van der Waals surface area contributed by atoms with Crippen LogP contribution < -0.4 is 14.4 Å². The van der Waals surface area contributed by atoms with Crippen molar-refractivity contribution < 1.29 is 28.7 Å². The third-order valence-electron chi connectivity index (χ3n) is 5.50. The number of rotatable bonds is 7. The fourth-order valence-corrected chi connectivity index (χ4v) is 3.85. The van der Waals surface area contributed by atoms with Gasteiger partial charge in [-0.05, 0) is 11.6 Å². The summed E-state index contributed by atoms with van der Waals surface area (Å²) in [6.07, 6.45) is 1.44. The molecule has 0 atom stereocenters. The number of benzene rings is 2. The number of methoxy groups -OCH3 is 2. The summed E-state index contributed by atoms with van der Waals surface area (Å²) in [5, 5.41) is 11.4. The van der Waals surface area contributed by atoms with Crippen molar-refractivity contribution in [3.63, 3.8) is 0 Å². The molecule has 0 unspecified atom stereocenters. The maximum absolute atomic E-state index is 12.6. The highest BCUT2D eigenvalue weighted by molar-refractivity contribution is 5.98. The van der Waals surface area contributed by atoms with Gasteiger partial charge in [-0.15, -0.1) is 0 Å². The Morgan fingerprint density at radius 2 is 1.75 bits per heavy atom. The Hall–Kier alpha value is -3.88. The number of ketones is 1. The fraction of sp³-hybridized carbons (Fsp3) is 0.304. The molecular weight excluding hydrogens is 416 g/mol. The molecule has 32 heavy (non-hydrogen) atoms. The monoisotopic (exact) mass is 440 g/mol. The van der Waals surface area contributed by atoms with Crippen LogP contribution in [-0.4, -0.2) is 44.6 Å². The highest BCUT2D eigenvalue weighted by Crippen LogP contribution is 2.46. The summed E-state index contributed by atoms with van der Waals surface area (Å²) >= 11 is 0. The van der Waals surface area contributed by atoms with Crippen molar-refractivity contribution in [3.8, 4) is 11.5 Å². The summed E-state index contributed by atoms with van der Waals surface area (Å²) in [4.78, 5) is 37.7. The van der Waals surface area contributed by atoms with Crippen LogP contribution in [0.15, 0.2) is 48.2 Å². The van der Waals surface area contributed by atoms with E-state index in [1.807, 2.05) is 50.1 Å². The largest absolute Gasteiger partial charge is 0.493 e. The Kier molecular flexibility index (Phi) is 6.20. The van der Waals surface area contributed by atoms with Crippen molar-refractivity contribution in [2.45, 2.75) is 19.3 Å². The summed E-state index contributed by atoms with van der Waals surface area (Å²) in [6.45, 7) is 3.45. The van der Waals surface area contributed by atoms with Crippen LogP contribution in [0.2, 0.25) is 0 Å². The molecule has 0 aromatic heterocycles. The van der Waals surface area contributed by atoms with Gasteiger partial charge >= 0.3 is 5.97 Å². The number of carbonyl (C=O) groups is 2.